The van der Waals surface area contributed by atoms with Gasteiger partial charge in [-0.1, -0.05) is 23.8 Å². The average Bonchev–Trinajstić information content (AvgIpc) is 2.51. The van der Waals surface area contributed by atoms with Crippen LogP contribution in [0.15, 0.2) is 48.8 Å². The zero-order valence-electron chi connectivity index (χ0n) is 10.9. The van der Waals surface area contributed by atoms with Crippen LogP contribution in [0.2, 0.25) is 5.02 Å². The monoisotopic (exact) mass is 314 g/mol. The molecule has 0 radical (unpaired) electrons. The normalized spacial score (nSPS) is 10.5. The second-order valence-electron chi connectivity index (χ2n) is 4.41. The second kappa shape index (κ2) is 5.63. The predicted molar refractivity (Wildman–Crippen MR) is 90.2 cm³/mol. The van der Waals surface area contributed by atoms with Gasteiger partial charge in [0.2, 0.25) is 0 Å². The molecule has 21 heavy (non-hydrogen) atoms. The van der Waals surface area contributed by atoms with Crippen LogP contribution in [0.1, 0.15) is 5.56 Å². The lowest BCUT2D eigenvalue weighted by Gasteiger charge is -2.10. The molecular weight excluding hydrogens is 304 g/mol. The molecule has 2 heterocycles. The highest BCUT2D eigenvalue weighted by Crippen LogP contribution is 2.29. The fraction of sp³-hybridized carbons (Fsp3) is 0. The maximum atomic E-state index is 6.18. The van der Waals surface area contributed by atoms with Crippen LogP contribution >= 0.6 is 23.8 Å². The van der Waals surface area contributed by atoms with E-state index in [0.717, 1.165) is 22.2 Å². The molecule has 0 aliphatic rings. The Kier molecular flexibility index (Phi) is 3.68. The van der Waals surface area contributed by atoms with Crippen molar-refractivity contribution >= 4 is 51.2 Å². The van der Waals surface area contributed by atoms with E-state index in [-0.39, 0.29) is 0 Å². The van der Waals surface area contributed by atoms with Crippen molar-refractivity contribution in [3.8, 4) is 0 Å². The summed E-state index contributed by atoms with van der Waals surface area (Å²) in [5.74, 6) is 0.648. The highest BCUT2D eigenvalue weighted by atomic mass is 35.5. The summed E-state index contributed by atoms with van der Waals surface area (Å²) >= 11 is 11.2. The van der Waals surface area contributed by atoms with Gasteiger partial charge in [-0.15, -0.1) is 0 Å². The third kappa shape index (κ3) is 2.79. The van der Waals surface area contributed by atoms with Crippen molar-refractivity contribution in [1.82, 2.24) is 9.97 Å². The maximum Gasteiger partial charge on any atom is 0.131 e. The van der Waals surface area contributed by atoms with Gasteiger partial charge in [-0.2, -0.15) is 0 Å². The molecule has 0 atom stereocenters. The summed E-state index contributed by atoms with van der Waals surface area (Å²) in [5.41, 5.74) is 8.00. The standard InChI is InChI=1S/C15H11ClN4S/c16-11-3-4-12(14-10(11)2-1-6-19-14)20-13-8-9(15(17)21)5-7-18-13/h1-8H,(H2,17,21)(H,18,20). The Bertz CT molecular complexity index is 835. The zero-order valence-corrected chi connectivity index (χ0v) is 12.4. The van der Waals surface area contributed by atoms with E-state index in [9.17, 15) is 0 Å². The van der Waals surface area contributed by atoms with Gasteiger partial charge in [-0.3, -0.25) is 4.98 Å². The number of anilines is 2. The average molecular weight is 315 g/mol. The first kappa shape index (κ1) is 13.7. The molecule has 4 nitrogen and oxygen atoms in total. The van der Waals surface area contributed by atoms with E-state index in [1.54, 1.807) is 24.5 Å². The molecule has 6 heteroatoms. The van der Waals surface area contributed by atoms with E-state index >= 15 is 0 Å². The smallest absolute Gasteiger partial charge is 0.131 e. The fourth-order valence-electron chi connectivity index (χ4n) is 2.03. The molecule has 0 aliphatic heterocycles. The summed E-state index contributed by atoms with van der Waals surface area (Å²) in [6, 6.07) is 11.0. The summed E-state index contributed by atoms with van der Waals surface area (Å²) in [6.07, 6.45) is 3.38. The van der Waals surface area contributed by atoms with E-state index < -0.39 is 0 Å². The lowest BCUT2D eigenvalue weighted by molar-refractivity contribution is 1.30. The molecule has 3 rings (SSSR count). The molecule has 2 aromatic heterocycles. The molecule has 104 valence electrons. The Morgan fingerprint density at radius 2 is 2.00 bits per heavy atom. The molecule has 0 amide bonds. The highest BCUT2D eigenvalue weighted by Gasteiger charge is 2.07. The highest BCUT2D eigenvalue weighted by molar-refractivity contribution is 7.80. The topological polar surface area (TPSA) is 63.8 Å². The number of pyridine rings is 2. The predicted octanol–water partition coefficient (Wildman–Crippen LogP) is 3.66. The first-order valence-corrected chi connectivity index (χ1v) is 7.00. The van der Waals surface area contributed by atoms with Crippen LogP contribution in [-0.4, -0.2) is 15.0 Å². The van der Waals surface area contributed by atoms with Crippen LogP contribution in [0.5, 0.6) is 0 Å². The van der Waals surface area contributed by atoms with E-state index in [2.05, 4.69) is 15.3 Å². The van der Waals surface area contributed by atoms with Crippen LogP contribution in [0.4, 0.5) is 11.5 Å². The number of hydrogen-bond donors (Lipinski definition) is 2. The van der Waals surface area contributed by atoms with Gasteiger partial charge in [0, 0.05) is 23.3 Å². The van der Waals surface area contributed by atoms with Gasteiger partial charge in [0.1, 0.15) is 10.8 Å². The summed E-state index contributed by atoms with van der Waals surface area (Å²) in [4.78, 5) is 8.96. The number of thiocarbonyl (C=S) groups is 1. The third-order valence-electron chi connectivity index (χ3n) is 3.02. The van der Waals surface area contributed by atoms with Crippen molar-refractivity contribution in [3.05, 3.63) is 59.4 Å². The van der Waals surface area contributed by atoms with Crippen LogP contribution in [0, 0.1) is 0 Å². The van der Waals surface area contributed by atoms with E-state index in [1.165, 1.54) is 0 Å². The number of hydrogen-bond acceptors (Lipinski definition) is 4. The number of nitrogens with two attached hydrogens (primary N) is 1. The minimum absolute atomic E-state index is 0.333. The molecule has 3 N–H and O–H groups in total. The van der Waals surface area contributed by atoms with Crippen molar-refractivity contribution in [2.24, 2.45) is 5.73 Å². The van der Waals surface area contributed by atoms with Gasteiger partial charge >= 0.3 is 0 Å². The molecule has 1 aromatic carbocycles. The first-order valence-electron chi connectivity index (χ1n) is 6.21. The number of halogens is 1. The number of fused-ring (bicyclic) bond motifs is 1. The van der Waals surface area contributed by atoms with Crippen LogP contribution in [-0.2, 0) is 0 Å². The van der Waals surface area contributed by atoms with Crippen molar-refractivity contribution < 1.29 is 0 Å². The first-order chi connectivity index (χ1) is 10.1. The largest absolute Gasteiger partial charge is 0.389 e. The van der Waals surface area contributed by atoms with E-state index in [4.69, 9.17) is 29.6 Å². The quantitative estimate of drug-likeness (QED) is 0.722. The molecule has 0 aliphatic carbocycles. The van der Waals surface area contributed by atoms with Crippen molar-refractivity contribution in [2.75, 3.05) is 5.32 Å². The fourth-order valence-corrected chi connectivity index (χ4v) is 2.37. The van der Waals surface area contributed by atoms with Crippen molar-refractivity contribution in [3.63, 3.8) is 0 Å². The van der Waals surface area contributed by atoms with Gasteiger partial charge < -0.3 is 11.1 Å². The SMILES string of the molecule is NC(=S)c1ccnc(Nc2ccc(Cl)c3cccnc23)c1. The summed E-state index contributed by atoms with van der Waals surface area (Å²) < 4.78 is 0. The molecule has 0 unspecified atom stereocenters. The lowest BCUT2D eigenvalue weighted by Crippen LogP contribution is -2.09. The molecule has 3 aromatic rings. The Balaban J connectivity index is 2.04. The van der Waals surface area contributed by atoms with E-state index in [0.29, 0.717) is 15.8 Å². The Morgan fingerprint density at radius 1 is 1.14 bits per heavy atom. The number of nitrogens with zero attached hydrogens (tertiary/aromatic N) is 2. The molecule has 0 saturated heterocycles. The number of rotatable bonds is 3. The Labute approximate surface area is 132 Å². The van der Waals surface area contributed by atoms with Crippen molar-refractivity contribution in [1.29, 1.82) is 0 Å². The minimum atomic E-state index is 0.333. The van der Waals surface area contributed by atoms with E-state index in [1.807, 2.05) is 24.3 Å². The van der Waals surface area contributed by atoms with Crippen molar-refractivity contribution in [2.45, 2.75) is 0 Å². The van der Waals surface area contributed by atoms with Gasteiger partial charge in [0.05, 0.1) is 16.2 Å². The summed E-state index contributed by atoms with van der Waals surface area (Å²) in [5, 5.41) is 4.77. The van der Waals surface area contributed by atoms with Gasteiger partial charge in [-0.05, 0) is 36.4 Å². The summed E-state index contributed by atoms with van der Waals surface area (Å²) in [7, 11) is 0. The van der Waals surface area contributed by atoms with Gasteiger partial charge in [-0.25, -0.2) is 4.98 Å². The van der Waals surface area contributed by atoms with Crippen LogP contribution in [0.25, 0.3) is 10.9 Å². The molecular formula is C15H11ClN4S. The van der Waals surface area contributed by atoms with Crippen LogP contribution in [0.3, 0.4) is 0 Å². The minimum Gasteiger partial charge on any atom is -0.389 e. The Hall–Kier alpha value is -2.24. The summed E-state index contributed by atoms with van der Waals surface area (Å²) in [6.45, 7) is 0. The maximum absolute atomic E-state index is 6.18. The van der Waals surface area contributed by atoms with Gasteiger partial charge in [0.25, 0.3) is 0 Å². The number of nitrogens with one attached hydrogen (secondary N) is 1. The Morgan fingerprint density at radius 3 is 2.81 bits per heavy atom. The lowest BCUT2D eigenvalue weighted by atomic mass is 10.2. The number of aromatic nitrogens is 2. The molecule has 0 bridgehead atoms. The third-order valence-corrected chi connectivity index (χ3v) is 3.59. The molecule has 0 saturated carbocycles. The second-order valence-corrected chi connectivity index (χ2v) is 5.26. The number of benzene rings is 1. The van der Waals surface area contributed by atoms with Gasteiger partial charge in [0.15, 0.2) is 0 Å². The zero-order chi connectivity index (χ0) is 14.8. The van der Waals surface area contributed by atoms with Crippen LogP contribution < -0.4 is 11.1 Å². The molecule has 0 fully saturated rings. The molecule has 0 spiro atoms.